The van der Waals surface area contributed by atoms with Crippen LogP contribution in [0.5, 0.6) is 0 Å². The summed E-state index contributed by atoms with van der Waals surface area (Å²) in [5.74, 6) is 0.556. The van der Waals surface area contributed by atoms with E-state index in [0.717, 1.165) is 5.56 Å². The van der Waals surface area contributed by atoms with Gasteiger partial charge in [0.05, 0.1) is 0 Å². The summed E-state index contributed by atoms with van der Waals surface area (Å²) in [6, 6.07) is 0. The van der Waals surface area contributed by atoms with Gasteiger partial charge in [0.25, 0.3) is 0 Å². The van der Waals surface area contributed by atoms with E-state index in [-0.39, 0.29) is 10.7 Å². The Morgan fingerprint density at radius 2 is 1.91 bits per heavy atom. The van der Waals surface area contributed by atoms with Crippen LogP contribution in [0.15, 0.2) is 6.20 Å². The summed E-state index contributed by atoms with van der Waals surface area (Å²) in [6.07, 6.45) is 1.09. The first-order valence-electron chi connectivity index (χ1n) is 7.14. The summed E-state index contributed by atoms with van der Waals surface area (Å²) in [6.45, 7) is 14.0. The summed E-state index contributed by atoms with van der Waals surface area (Å²) in [5, 5.41) is 1.78. The van der Waals surface area contributed by atoms with E-state index in [0.29, 0.717) is 12.4 Å². The Hall–Kier alpha value is -1.56. The van der Waals surface area contributed by atoms with Crippen molar-refractivity contribution in [1.82, 2.24) is 15.4 Å². The number of carbonyl (C=O) groups excluding carboxylic acids is 1. The van der Waals surface area contributed by atoms with Gasteiger partial charge in [-0.3, -0.25) is 5.01 Å². The highest BCUT2D eigenvalue weighted by Crippen LogP contribution is 2.22. The molecule has 0 unspecified atom stereocenters. The number of nitrogens with zero attached hydrogens (tertiary/aromatic N) is 3. The van der Waals surface area contributed by atoms with Gasteiger partial charge >= 0.3 is 6.09 Å². The van der Waals surface area contributed by atoms with Crippen molar-refractivity contribution in [2.75, 3.05) is 11.6 Å². The second kappa shape index (κ2) is 6.69. The van der Waals surface area contributed by atoms with Crippen LogP contribution >= 0.6 is 11.6 Å². The molecule has 0 bridgehead atoms. The van der Waals surface area contributed by atoms with Crippen molar-refractivity contribution in [1.29, 1.82) is 0 Å². The molecule has 1 aromatic heterocycles. The number of halogens is 1. The minimum absolute atomic E-state index is 0.0706. The molecule has 1 rings (SSSR count). The first kappa shape index (κ1) is 18.5. The van der Waals surface area contributed by atoms with Crippen LogP contribution in [0.25, 0.3) is 0 Å². The van der Waals surface area contributed by atoms with Gasteiger partial charge in [0.1, 0.15) is 5.60 Å². The smallest absolute Gasteiger partial charge is 0.426 e. The van der Waals surface area contributed by atoms with E-state index in [1.54, 1.807) is 11.2 Å². The van der Waals surface area contributed by atoms with Crippen molar-refractivity contribution >= 4 is 23.5 Å². The highest BCUT2D eigenvalue weighted by molar-refractivity contribution is 6.28. The zero-order valence-corrected chi connectivity index (χ0v) is 15.1. The first-order valence-corrected chi connectivity index (χ1v) is 7.51. The normalized spacial score (nSPS) is 12.0. The van der Waals surface area contributed by atoms with Gasteiger partial charge in [-0.15, -0.1) is 0 Å². The van der Waals surface area contributed by atoms with Gasteiger partial charge in [0.2, 0.25) is 5.28 Å². The number of anilines is 1. The molecule has 124 valence electrons. The quantitative estimate of drug-likeness (QED) is 0.676. The van der Waals surface area contributed by atoms with Crippen molar-refractivity contribution in [3.63, 3.8) is 0 Å². The summed E-state index contributed by atoms with van der Waals surface area (Å²) < 4.78 is 5.31. The number of hydrogen-bond donors (Lipinski definition) is 1. The lowest BCUT2D eigenvalue weighted by Crippen LogP contribution is -2.49. The first-order chi connectivity index (χ1) is 9.87. The Bertz CT molecular complexity index is 535. The minimum atomic E-state index is -0.574. The number of hydrazine groups is 1. The lowest BCUT2D eigenvalue weighted by molar-refractivity contribution is 0.0516. The van der Waals surface area contributed by atoms with E-state index < -0.39 is 11.7 Å². The van der Waals surface area contributed by atoms with Gasteiger partial charge in [-0.05, 0) is 44.7 Å². The van der Waals surface area contributed by atoms with Gasteiger partial charge in [-0.2, -0.15) is 4.98 Å². The SMILES string of the molecule is Cc1cnc(Cl)nc1N(CC(C)(C)C)NC(=O)OC(C)(C)C. The molecule has 1 amide bonds. The van der Waals surface area contributed by atoms with Crippen LogP contribution in [-0.2, 0) is 4.74 Å². The average molecular weight is 329 g/mol. The minimum Gasteiger partial charge on any atom is -0.443 e. The zero-order valence-electron chi connectivity index (χ0n) is 14.3. The standard InChI is InChI=1S/C15H25ClN4O2/c1-10-8-17-12(16)18-11(10)20(9-14(2,3)4)19-13(21)22-15(5,6)7/h8H,9H2,1-7H3,(H,19,21). The third-order valence-electron chi connectivity index (χ3n) is 2.43. The molecule has 0 aromatic carbocycles. The molecule has 7 heteroatoms. The third kappa shape index (κ3) is 6.47. The van der Waals surface area contributed by atoms with E-state index in [1.165, 1.54) is 0 Å². The van der Waals surface area contributed by atoms with E-state index in [4.69, 9.17) is 16.3 Å². The molecule has 0 saturated carbocycles. The number of hydrogen-bond acceptors (Lipinski definition) is 5. The maximum Gasteiger partial charge on any atom is 0.426 e. The number of aryl methyl sites for hydroxylation is 1. The van der Waals surface area contributed by atoms with Gasteiger partial charge in [-0.1, -0.05) is 20.8 Å². The number of amides is 1. The zero-order chi connectivity index (χ0) is 17.1. The number of nitrogens with one attached hydrogen (secondary N) is 1. The maximum atomic E-state index is 12.1. The molecule has 1 aromatic rings. The second-order valence-corrected chi connectivity index (χ2v) is 7.74. The predicted octanol–water partition coefficient (Wildman–Crippen LogP) is 3.73. The topological polar surface area (TPSA) is 67.4 Å². The van der Waals surface area contributed by atoms with E-state index >= 15 is 0 Å². The van der Waals surface area contributed by atoms with Crippen molar-refractivity contribution in [3.8, 4) is 0 Å². The predicted molar refractivity (Wildman–Crippen MR) is 87.9 cm³/mol. The van der Waals surface area contributed by atoms with Crippen molar-refractivity contribution in [2.45, 2.75) is 54.1 Å². The number of aromatic nitrogens is 2. The van der Waals surface area contributed by atoms with Crippen LogP contribution in [0.1, 0.15) is 47.1 Å². The van der Waals surface area contributed by atoms with E-state index in [1.807, 2.05) is 27.7 Å². The Morgan fingerprint density at radius 3 is 2.41 bits per heavy atom. The number of ether oxygens (including phenoxy) is 1. The molecule has 1 N–H and O–H groups in total. The molecule has 0 saturated heterocycles. The molecule has 1 heterocycles. The Morgan fingerprint density at radius 1 is 1.32 bits per heavy atom. The molecule has 0 aliphatic rings. The summed E-state index contributed by atoms with van der Waals surface area (Å²) in [4.78, 5) is 20.2. The third-order valence-corrected chi connectivity index (χ3v) is 2.61. The number of carbonyl (C=O) groups is 1. The molecule has 6 nitrogen and oxygen atoms in total. The molecular weight excluding hydrogens is 304 g/mol. The summed E-state index contributed by atoms with van der Waals surface area (Å²) in [7, 11) is 0. The molecular formula is C15H25ClN4O2. The van der Waals surface area contributed by atoms with Gasteiger partial charge in [0, 0.05) is 18.3 Å². The van der Waals surface area contributed by atoms with Gasteiger partial charge < -0.3 is 4.74 Å². The maximum absolute atomic E-state index is 12.1. The molecule has 22 heavy (non-hydrogen) atoms. The highest BCUT2D eigenvalue weighted by atomic mass is 35.5. The van der Waals surface area contributed by atoms with Crippen LogP contribution < -0.4 is 10.4 Å². The van der Waals surface area contributed by atoms with E-state index in [9.17, 15) is 4.79 Å². The fraction of sp³-hybridized carbons (Fsp3) is 0.667. The average Bonchev–Trinajstić information content (AvgIpc) is 2.27. The van der Waals surface area contributed by atoms with Crippen molar-refractivity contribution in [3.05, 3.63) is 17.0 Å². The Labute approximate surface area is 137 Å². The van der Waals surface area contributed by atoms with Crippen LogP contribution in [0.2, 0.25) is 5.28 Å². The second-order valence-electron chi connectivity index (χ2n) is 7.41. The van der Waals surface area contributed by atoms with Crippen molar-refractivity contribution < 1.29 is 9.53 Å². The van der Waals surface area contributed by atoms with Crippen LogP contribution in [-0.4, -0.2) is 28.2 Å². The van der Waals surface area contributed by atoms with Crippen LogP contribution in [0.3, 0.4) is 0 Å². The summed E-state index contributed by atoms with van der Waals surface area (Å²) >= 11 is 5.88. The number of rotatable bonds is 3. The van der Waals surface area contributed by atoms with Crippen LogP contribution in [0, 0.1) is 12.3 Å². The molecule has 0 aliphatic heterocycles. The summed E-state index contributed by atoms with van der Waals surface area (Å²) in [5.41, 5.74) is 2.90. The lowest BCUT2D eigenvalue weighted by atomic mass is 9.96. The fourth-order valence-electron chi connectivity index (χ4n) is 1.74. The highest BCUT2D eigenvalue weighted by Gasteiger charge is 2.24. The fourth-order valence-corrected chi connectivity index (χ4v) is 1.87. The van der Waals surface area contributed by atoms with Crippen LogP contribution in [0.4, 0.5) is 10.6 Å². The Kier molecular flexibility index (Phi) is 5.62. The van der Waals surface area contributed by atoms with Gasteiger partial charge in [-0.25, -0.2) is 15.2 Å². The lowest BCUT2D eigenvalue weighted by Gasteiger charge is -2.32. The molecule has 0 atom stereocenters. The molecule has 0 aliphatic carbocycles. The molecule has 0 fully saturated rings. The molecule has 0 spiro atoms. The largest absolute Gasteiger partial charge is 0.443 e. The van der Waals surface area contributed by atoms with Crippen molar-refractivity contribution in [2.24, 2.45) is 5.41 Å². The Balaban J connectivity index is 3.03. The molecule has 0 radical (unpaired) electrons. The van der Waals surface area contributed by atoms with Gasteiger partial charge in [0.15, 0.2) is 5.82 Å². The van der Waals surface area contributed by atoms with E-state index in [2.05, 4.69) is 36.2 Å². The monoisotopic (exact) mass is 328 g/mol.